The standard InChI is InChI=1S/C23H25N3O2/c1-16(2)19-13-10-18(11-14-19)12-15-21(27)24-22-17(3)25(4)26(23(22)28)20-8-6-5-7-9-20/h5-16H,1-4H3,(H,24,27)/b15-12+. The van der Waals surface area contributed by atoms with Crippen molar-refractivity contribution in [3.8, 4) is 5.69 Å². The van der Waals surface area contributed by atoms with Crippen molar-refractivity contribution in [2.45, 2.75) is 26.7 Å². The van der Waals surface area contributed by atoms with Crippen LogP contribution in [0.2, 0.25) is 0 Å². The summed E-state index contributed by atoms with van der Waals surface area (Å²) >= 11 is 0. The van der Waals surface area contributed by atoms with Gasteiger partial charge in [-0.15, -0.1) is 0 Å². The van der Waals surface area contributed by atoms with Gasteiger partial charge in [0.1, 0.15) is 5.69 Å². The number of rotatable bonds is 5. The van der Waals surface area contributed by atoms with Crippen LogP contribution in [-0.2, 0) is 11.8 Å². The molecule has 0 radical (unpaired) electrons. The highest BCUT2D eigenvalue weighted by atomic mass is 16.2. The summed E-state index contributed by atoms with van der Waals surface area (Å²) in [6, 6.07) is 17.4. The molecule has 5 nitrogen and oxygen atoms in total. The lowest BCUT2D eigenvalue weighted by Crippen LogP contribution is -2.22. The zero-order valence-corrected chi connectivity index (χ0v) is 16.6. The molecular formula is C23H25N3O2. The monoisotopic (exact) mass is 375 g/mol. The van der Waals surface area contributed by atoms with Gasteiger partial charge < -0.3 is 5.32 Å². The SMILES string of the molecule is Cc1c(NC(=O)/C=C/c2ccc(C(C)C)cc2)c(=O)n(-c2ccccc2)n1C. The minimum absolute atomic E-state index is 0.255. The number of para-hydroxylation sites is 1. The third-order valence-electron chi connectivity index (χ3n) is 4.83. The van der Waals surface area contributed by atoms with Crippen LogP contribution in [0, 0.1) is 6.92 Å². The maximum atomic E-state index is 12.8. The number of anilines is 1. The molecule has 0 unspecified atom stereocenters. The van der Waals surface area contributed by atoms with Gasteiger partial charge in [-0.25, -0.2) is 4.68 Å². The normalized spacial score (nSPS) is 11.3. The summed E-state index contributed by atoms with van der Waals surface area (Å²) in [5, 5.41) is 2.73. The molecule has 0 saturated heterocycles. The van der Waals surface area contributed by atoms with E-state index in [0.29, 0.717) is 11.6 Å². The predicted octanol–water partition coefficient (Wildman–Crippen LogP) is 4.26. The molecule has 3 rings (SSSR count). The Morgan fingerprint density at radius 3 is 2.29 bits per heavy atom. The summed E-state index contributed by atoms with van der Waals surface area (Å²) in [5.74, 6) is 0.133. The lowest BCUT2D eigenvalue weighted by atomic mass is 10.0. The van der Waals surface area contributed by atoms with Gasteiger partial charge in [0.05, 0.1) is 11.4 Å². The summed E-state index contributed by atoms with van der Waals surface area (Å²) in [4.78, 5) is 25.2. The first kappa shape index (κ1) is 19.4. The molecule has 28 heavy (non-hydrogen) atoms. The number of benzene rings is 2. The lowest BCUT2D eigenvalue weighted by molar-refractivity contribution is -0.111. The summed E-state index contributed by atoms with van der Waals surface area (Å²) in [5.41, 5.74) is 3.66. The Labute approximate surface area is 164 Å². The van der Waals surface area contributed by atoms with E-state index in [1.165, 1.54) is 11.6 Å². The molecule has 2 aromatic carbocycles. The number of hydrogen-bond acceptors (Lipinski definition) is 2. The lowest BCUT2D eigenvalue weighted by Gasteiger charge is -2.07. The van der Waals surface area contributed by atoms with Gasteiger partial charge in [-0.2, -0.15) is 0 Å². The molecular weight excluding hydrogens is 350 g/mol. The first-order chi connectivity index (χ1) is 13.4. The first-order valence-corrected chi connectivity index (χ1v) is 9.31. The molecule has 0 spiro atoms. The molecule has 0 saturated carbocycles. The highest BCUT2D eigenvalue weighted by molar-refractivity contribution is 6.02. The molecule has 0 fully saturated rings. The van der Waals surface area contributed by atoms with Gasteiger partial charge in [-0.1, -0.05) is 56.3 Å². The van der Waals surface area contributed by atoms with E-state index < -0.39 is 0 Å². The summed E-state index contributed by atoms with van der Waals surface area (Å²) in [6.07, 6.45) is 3.19. The smallest absolute Gasteiger partial charge is 0.295 e. The molecule has 1 heterocycles. The van der Waals surface area contributed by atoms with E-state index in [4.69, 9.17) is 0 Å². The molecule has 3 aromatic rings. The number of aromatic nitrogens is 2. The van der Waals surface area contributed by atoms with E-state index in [2.05, 4.69) is 31.3 Å². The van der Waals surface area contributed by atoms with Crippen LogP contribution in [0.4, 0.5) is 5.69 Å². The van der Waals surface area contributed by atoms with Crippen molar-refractivity contribution in [1.82, 2.24) is 9.36 Å². The second-order valence-corrected chi connectivity index (χ2v) is 7.08. The third-order valence-corrected chi connectivity index (χ3v) is 4.83. The van der Waals surface area contributed by atoms with E-state index >= 15 is 0 Å². The third kappa shape index (κ3) is 3.98. The average molecular weight is 375 g/mol. The van der Waals surface area contributed by atoms with Crippen LogP contribution in [-0.4, -0.2) is 15.3 Å². The quantitative estimate of drug-likeness (QED) is 0.678. The van der Waals surface area contributed by atoms with Crippen molar-refractivity contribution in [2.24, 2.45) is 7.05 Å². The Morgan fingerprint density at radius 2 is 1.68 bits per heavy atom. The van der Waals surface area contributed by atoms with Gasteiger partial charge in [-0.3, -0.25) is 14.3 Å². The van der Waals surface area contributed by atoms with Crippen LogP contribution >= 0.6 is 0 Å². The van der Waals surface area contributed by atoms with Crippen LogP contribution < -0.4 is 10.9 Å². The summed E-state index contributed by atoms with van der Waals surface area (Å²) in [6.45, 7) is 6.09. The van der Waals surface area contributed by atoms with Crippen LogP contribution in [0.3, 0.4) is 0 Å². The minimum atomic E-state index is -0.334. The van der Waals surface area contributed by atoms with Gasteiger partial charge in [-0.05, 0) is 42.2 Å². The van der Waals surface area contributed by atoms with E-state index in [9.17, 15) is 9.59 Å². The van der Waals surface area contributed by atoms with E-state index in [-0.39, 0.29) is 17.2 Å². The van der Waals surface area contributed by atoms with Gasteiger partial charge in [0.2, 0.25) is 5.91 Å². The Bertz CT molecular complexity index is 1060. The van der Waals surface area contributed by atoms with Crippen molar-refractivity contribution in [3.05, 3.63) is 87.8 Å². The fourth-order valence-electron chi connectivity index (χ4n) is 3.04. The largest absolute Gasteiger partial charge is 0.316 e. The number of carbonyl (C=O) groups is 1. The van der Waals surface area contributed by atoms with Crippen molar-refractivity contribution in [2.75, 3.05) is 5.32 Å². The Hall–Kier alpha value is -3.34. The number of amides is 1. The van der Waals surface area contributed by atoms with Crippen molar-refractivity contribution in [3.63, 3.8) is 0 Å². The second-order valence-electron chi connectivity index (χ2n) is 7.08. The number of nitrogens with one attached hydrogen (secondary N) is 1. The molecule has 1 N–H and O–H groups in total. The van der Waals surface area contributed by atoms with Crippen LogP contribution in [0.25, 0.3) is 11.8 Å². The van der Waals surface area contributed by atoms with Crippen molar-refractivity contribution < 1.29 is 4.79 Å². The van der Waals surface area contributed by atoms with Gasteiger partial charge in [0.25, 0.3) is 5.56 Å². The predicted molar refractivity (Wildman–Crippen MR) is 114 cm³/mol. The zero-order chi connectivity index (χ0) is 20.3. The fourth-order valence-corrected chi connectivity index (χ4v) is 3.04. The highest BCUT2D eigenvalue weighted by Crippen LogP contribution is 2.16. The topological polar surface area (TPSA) is 56.0 Å². The Morgan fingerprint density at radius 1 is 1.04 bits per heavy atom. The van der Waals surface area contributed by atoms with Gasteiger partial charge in [0.15, 0.2) is 0 Å². The van der Waals surface area contributed by atoms with Gasteiger partial charge in [0, 0.05) is 13.1 Å². The molecule has 144 valence electrons. The van der Waals surface area contributed by atoms with Crippen LogP contribution in [0.1, 0.15) is 36.6 Å². The molecule has 0 aliphatic heterocycles. The Kier molecular flexibility index (Phi) is 5.64. The highest BCUT2D eigenvalue weighted by Gasteiger charge is 2.17. The first-order valence-electron chi connectivity index (χ1n) is 9.31. The molecule has 0 bridgehead atoms. The molecule has 1 amide bonds. The maximum absolute atomic E-state index is 12.8. The second kappa shape index (κ2) is 8.13. The fraction of sp³-hybridized carbons (Fsp3) is 0.217. The average Bonchev–Trinajstić information content (AvgIpc) is 2.90. The molecule has 5 heteroatoms. The number of hydrogen-bond donors (Lipinski definition) is 1. The van der Waals surface area contributed by atoms with Crippen molar-refractivity contribution in [1.29, 1.82) is 0 Å². The van der Waals surface area contributed by atoms with Crippen molar-refractivity contribution >= 4 is 17.7 Å². The molecule has 0 aliphatic rings. The molecule has 0 aliphatic carbocycles. The number of nitrogens with zero attached hydrogens (tertiary/aromatic N) is 2. The van der Waals surface area contributed by atoms with Gasteiger partial charge >= 0.3 is 0 Å². The maximum Gasteiger partial charge on any atom is 0.295 e. The van der Waals surface area contributed by atoms with E-state index in [0.717, 1.165) is 11.3 Å². The van der Waals surface area contributed by atoms with Crippen LogP contribution in [0.5, 0.6) is 0 Å². The minimum Gasteiger partial charge on any atom is -0.316 e. The molecule has 1 aromatic heterocycles. The van der Waals surface area contributed by atoms with Crippen LogP contribution in [0.15, 0.2) is 65.5 Å². The number of carbonyl (C=O) groups excluding carboxylic acids is 1. The van der Waals surface area contributed by atoms with E-state index in [1.54, 1.807) is 22.5 Å². The Balaban J connectivity index is 1.80. The molecule has 0 atom stereocenters. The van der Waals surface area contributed by atoms with E-state index in [1.807, 2.05) is 49.4 Å². The zero-order valence-electron chi connectivity index (χ0n) is 16.6. The summed E-state index contributed by atoms with van der Waals surface area (Å²) < 4.78 is 3.28. The summed E-state index contributed by atoms with van der Waals surface area (Å²) in [7, 11) is 1.80.